The number of rotatable bonds is 5. The van der Waals surface area contributed by atoms with Gasteiger partial charge in [0.15, 0.2) is 0 Å². The van der Waals surface area contributed by atoms with Crippen LogP contribution in [0, 0.1) is 11.8 Å². The summed E-state index contributed by atoms with van der Waals surface area (Å²) in [6, 6.07) is -0.623. The highest BCUT2D eigenvalue weighted by atomic mass is 16.2. The second kappa shape index (κ2) is 7.23. The van der Waals surface area contributed by atoms with Gasteiger partial charge in [-0.2, -0.15) is 0 Å². The SMILES string of the molecule is CC(C)[C@H](N)C(=O)NCC(=O)N1CCCC(C(N)=O)C1. The molecule has 0 aromatic heterocycles. The third-order valence-electron chi connectivity index (χ3n) is 3.61. The molecular weight excluding hydrogens is 260 g/mol. The molecule has 0 aromatic carbocycles. The number of hydrogen-bond donors (Lipinski definition) is 3. The van der Waals surface area contributed by atoms with Gasteiger partial charge in [-0.05, 0) is 18.8 Å². The number of piperidine rings is 1. The molecule has 1 unspecified atom stereocenters. The van der Waals surface area contributed by atoms with Crippen LogP contribution in [0.15, 0.2) is 0 Å². The molecule has 0 radical (unpaired) electrons. The lowest BCUT2D eigenvalue weighted by Gasteiger charge is -2.31. The van der Waals surface area contributed by atoms with Crippen molar-refractivity contribution in [1.82, 2.24) is 10.2 Å². The molecule has 1 saturated heterocycles. The molecule has 2 atom stereocenters. The van der Waals surface area contributed by atoms with E-state index in [0.29, 0.717) is 19.5 Å². The Morgan fingerprint density at radius 1 is 1.35 bits per heavy atom. The zero-order valence-corrected chi connectivity index (χ0v) is 12.1. The molecule has 0 spiro atoms. The highest BCUT2D eigenvalue weighted by Gasteiger charge is 2.27. The molecule has 1 aliphatic heterocycles. The number of hydrogen-bond acceptors (Lipinski definition) is 4. The minimum Gasteiger partial charge on any atom is -0.369 e. The highest BCUT2D eigenvalue weighted by Crippen LogP contribution is 2.15. The third kappa shape index (κ3) is 4.48. The summed E-state index contributed by atoms with van der Waals surface area (Å²) in [5, 5.41) is 2.53. The van der Waals surface area contributed by atoms with Crippen molar-refractivity contribution in [3.63, 3.8) is 0 Å². The summed E-state index contributed by atoms with van der Waals surface area (Å²) < 4.78 is 0. The largest absolute Gasteiger partial charge is 0.369 e. The minimum absolute atomic E-state index is 0.0133. The summed E-state index contributed by atoms with van der Waals surface area (Å²) in [4.78, 5) is 36.4. The van der Waals surface area contributed by atoms with E-state index < -0.39 is 6.04 Å². The molecule has 5 N–H and O–H groups in total. The van der Waals surface area contributed by atoms with Crippen molar-refractivity contribution in [2.45, 2.75) is 32.7 Å². The Morgan fingerprint density at radius 2 is 2.00 bits per heavy atom. The van der Waals surface area contributed by atoms with Crippen LogP contribution in [0.4, 0.5) is 0 Å². The van der Waals surface area contributed by atoms with E-state index >= 15 is 0 Å². The van der Waals surface area contributed by atoms with Crippen LogP contribution in [0.5, 0.6) is 0 Å². The summed E-state index contributed by atoms with van der Waals surface area (Å²) in [6.45, 7) is 4.52. The minimum atomic E-state index is -0.623. The van der Waals surface area contributed by atoms with Crippen molar-refractivity contribution in [3.05, 3.63) is 0 Å². The number of nitrogens with two attached hydrogens (primary N) is 2. The van der Waals surface area contributed by atoms with Gasteiger partial charge in [-0.1, -0.05) is 13.8 Å². The molecule has 0 saturated carbocycles. The number of amides is 3. The number of nitrogens with one attached hydrogen (secondary N) is 1. The van der Waals surface area contributed by atoms with E-state index in [9.17, 15) is 14.4 Å². The van der Waals surface area contributed by atoms with Crippen LogP contribution in [0.3, 0.4) is 0 Å². The molecule has 3 amide bonds. The lowest BCUT2D eigenvalue weighted by Crippen LogP contribution is -2.50. The van der Waals surface area contributed by atoms with Gasteiger partial charge < -0.3 is 21.7 Å². The molecular formula is C13H24N4O3. The lowest BCUT2D eigenvalue weighted by molar-refractivity contribution is -0.136. The summed E-state index contributed by atoms with van der Waals surface area (Å²) in [5.41, 5.74) is 10.9. The second-order valence-corrected chi connectivity index (χ2v) is 5.57. The average molecular weight is 284 g/mol. The van der Waals surface area contributed by atoms with E-state index in [-0.39, 0.29) is 36.1 Å². The molecule has 1 aliphatic rings. The molecule has 0 bridgehead atoms. The standard InChI is InChI=1S/C13H24N4O3/c1-8(2)11(14)13(20)16-6-10(18)17-5-3-4-9(7-17)12(15)19/h8-9,11H,3-7,14H2,1-2H3,(H2,15,19)(H,16,20)/t9?,11-/m0/s1. The van der Waals surface area contributed by atoms with Crippen LogP contribution in [0.2, 0.25) is 0 Å². The smallest absolute Gasteiger partial charge is 0.241 e. The van der Waals surface area contributed by atoms with Crippen molar-refractivity contribution in [1.29, 1.82) is 0 Å². The van der Waals surface area contributed by atoms with Crippen LogP contribution in [-0.2, 0) is 14.4 Å². The Labute approximate surface area is 119 Å². The predicted octanol–water partition coefficient (Wildman–Crippen LogP) is -1.19. The first-order chi connectivity index (χ1) is 9.32. The number of carbonyl (C=O) groups excluding carboxylic acids is 3. The molecule has 1 fully saturated rings. The van der Waals surface area contributed by atoms with Crippen LogP contribution in [-0.4, -0.2) is 48.3 Å². The van der Waals surface area contributed by atoms with Crippen molar-refractivity contribution in [2.75, 3.05) is 19.6 Å². The van der Waals surface area contributed by atoms with Crippen LogP contribution < -0.4 is 16.8 Å². The predicted molar refractivity (Wildman–Crippen MR) is 74.3 cm³/mol. The van der Waals surface area contributed by atoms with Gasteiger partial charge in [0.05, 0.1) is 18.5 Å². The Hall–Kier alpha value is -1.63. The van der Waals surface area contributed by atoms with Gasteiger partial charge in [-0.25, -0.2) is 0 Å². The van der Waals surface area contributed by atoms with E-state index in [2.05, 4.69) is 5.32 Å². The normalized spacial score (nSPS) is 20.6. The van der Waals surface area contributed by atoms with Crippen molar-refractivity contribution < 1.29 is 14.4 Å². The molecule has 20 heavy (non-hydrogen) atoms. The first kappa shape index (κ1) is 16.4. The fraction of sp³-hybridized carbons (Fsp3) is 0.769. The van der Waals surface area contributed by atoms with Crippen molar-refractivity contribution >= 4 is 17.7 Å². The van der Waals surface area contributed by atoms with Gasteiger partial charge >= 0.3 is 0 Å². The number of nitrogens with zero attached hydrogens (tertiary/aromatic N) is 1. The van der Waals surface area contributed by atoms with Gasteiger partial charge in [0.1, 0.15) is 0 Å². The van der Waals surface area contributed by atoms with Crippen LogP contribution >= 0.6 is 0 Å². The van der Waals surface area contributed by atoms with Crippen molar-refractivity contribution in [3.8, 4) is 0 Å². The van der Waals surface area contributed by atoms with E-state index in [1.165, 1.54) is 0 Å². The fourth-order valence-corrected chi connectivity index (χ4v) is 2.13. The zero-order chi connectivity index (χ0) is 15.3. The van der Waals surface area contributed by atoms with E-state index in [1.807, 2.05) is 13.8 Å². The third-order valence-corrected chi connectivity index (χ3v) is 3.61. The number of carbonyl (C=O) groups is 3. The molecule has 7 heteroatoms. The Balaban J connectivity index is 2.43. The summed E-state index contributed by atoms with van der Waals surface area (Å²) >= 11 is 0. The maximum atomic E-state index is 12.0. The second-order valence-electron chi connectivity index (χ2n) is 5.57. The maximum absolute atomic E-state index is 12.0. The van der Waals surface area contributed by atoms with E-state index in [4.69, 9.17) is 11.5 Å². The van der Waals surface area contributed by atoms with Gasteiger partial charge in [-0.15, -0.1) is 0 Å². The lowest BCUT2D eigenvalue weighted by atomic mass is 9.97. The fourth-order valence-electron chi connectivity index (χ4n) is 2.13. The molecule has 0 aliphatic carbocycles. The summed E-state index contributed by atoms with van der Waals surface area (Å²) in [6.07, 6.45) is 1.46. The first-order valence-electron chi connectivity index (χ1n) is 6.93. The monoisotopic (exact) mass is 284 g/mol. The molecule has 0 aromatic rings. The molecule has 1 heterocycles. The molecule has 7 nitrogen and oxygen atoms in total. The summed E-state index contributed by atoms with van der Waals surface area (Å²) in [7, 11) is 0. The Kier molecular flexibility index (Phi) is 5.94. The van der Waals surface area contributed by atoms with Gasteiger partial charge in [0.25, 0.3) is 0 Å². The molecule has 114 valence electrons. The van der Waals surface area contributed by atoms with Crippen molar-refractivity contribution in [2.24, 2.45) is 23.3 Å². The zero-order valence-electron chi connectivity index (χ0n) is 12.1. The highest BCUT2D eigenvalue weighted by molar-refractivity contribution is 5.87. The average Bonchev–Trinajstić information content (AvgIpc) is 2.43. The van der Waals surface area contributed by atoms with E-state index in [0.717, 1.165) is 6.42 Å². The maximum Gasteiger partial charge on any atom is 0.241 e. The van der Waals surface area contributed by atoms with Crippen LogP contribution in [0.1, 0.15) is 26.7 Å². The quantitative estimate of drug-likeness (QED) is 0.588. The first-order valence-corrected chi connectivity index (χ1v) is 6.93. The Morgan fingerprint density at radius 3 is 2.55 bits per heavy atom. The summed E-state index contributed by atoms with van der Waals surface area (Å²) in [5.74, 6) is -1.20. The number of primary amides is 1. The van der Waals surface area contributed by atoms with E-state index in [1.54, 1.807) is 4.90 Å². The van der Waals surface area contributed by atoms with Gasteiger partial charge in [0, 0.05) is 13.1 Å². The molecule has 1 rings (SSSR count). The van der Waals surface area contributed by atoms with Crippen LogP contribution in [0.25, 0.3) is 0 Å². The topological polar surface area (TPSA) is 119 Å². The number of likely N-dealkylation sites (tertiary alicyclic amines) is 1. The van der Waals surface area contributed by atoms with Gasteiger partial charge in [0.2, 0.25) is 17.7 Å². The Bertz CT molecular complexity index is 384. The van der Waals surface area contributed by atoms with Gasteiger partial charge in [-0.3, -0.25) is 14.4 Å².